The van der Waals surface area contributed by atoms with Gasteiger partial charge in [0, 0.05) is 5.69 Å². The Labute approximate surface area is 125 Å². The van der Waals surface area contributed by atoms with Crippen LogP contribution < -0.4 is 0 Å². The number of imidazole rings is 1. The van der Waals surface area contributed by atoms with E-state index in [-0.39, 0.29) is 10.9 Å². The lowest BCUT2D eigenvalue weighted by atomic mass is 10.2. The Hall–Kier alpha value is -1.58. The molecule has 102 valence electrons. The third-order valence-corrected chi connectivity index (χ3v) is 3.69. The van der Waals surface area contributed by atoms with Gasteiger partial charge in [-0.25, -0.2) is 9.37 Å². The Morgan fingerprint density at radius 2 is 2.00 bits per heavy atom. The molecule has 20 heavy (non-hydrogen) atoms. The van der Waals surface area contributed by atoms with E-state index in [1.54, 1.807) is 12.1 Å². The summed E-state index contributed by atoms with van der Waals surface area (Å²) in [5.41, 5.74) is 3.66. The summed E-state index contributed by atoms with van der Waals surface area (Å²) in [7, 11) is 0. The van der Waals surface area contributed by atoms with Crippen LogP contribution >= 0.6 is 23.2 Å². The van der Waals surface area contributed by atoms with Crippen molar-refractivity contribution in [3.63, 3.8) is 0 Å². The summed E-state index contributed by atoms with van der Waals surface area (Å²) in [5.74, 6) is 0.529. The van der Waals surface area contributed by atoms with Gasteiger partial charge in [0.1, 0.15) is 11.6 Å². The lowest BCUT2D eigenvalue weighted by molar-refractivity contribution is 0.628. The minimum absolute atomic E-state index is 0.0810. The third-order valence-electron chi connectivity index (χ3n) is 3.16. The van der Waals surface area contributed by atoms with Crippen molar-refractivity contribution in [2.24, 2.45) is 0 Å². The highest BCUT2D eigenvalue weighted by Gasteiger charge is 2.13. The van der Waals surface area contributed by atoms with Crippen LogP contribution in [-0.2, 0) is 5.88 Å². The van der Waals surface area contributed by atoms with Gasteiger partial charge in [-0.2, -0.15) is 0 Å². The molecule has 0 saturated heterocycles. The van der Waals surface area contributed by atoms with Gasteiger partial charge in [0.05, 0.1) is 21.9 Å². The van der Waals surface area contributed by atoms with Crippen molar-refractivity contribution in [2.45, 2.75) is 12.8 Å². The number of nitrogens with zero attached hydrogens (tertiary/aromatic N) is 2. The van der Waals surface area contributed by atoms with Crippen molar-refractivity contribution < 1.29 is 4.39 Å². The van der Waals surface area contributed by atoms with Crippen molar-refractivity contribution in [1.82, 2.24) is 9.55 Å². The number of aromatic nitrogens is 2. The molecule has 0 unspecified atom stereocenters. The first-order valence-corrected chi connectivity index (χ1v) is 7.01. The van der Waals surface area contributed by atoms with Crippen LogP contribution in [0.5, 0.6) is 0 Å². The van der Waals surface area contributed by atoms with E-state index in [0.29, 0.717) is 5.82 Å². The quantitative estimate of drug-likeness (QED) is 0.618. The number of hydrogen-bond acceptors (Lipinski definition) is 1. The van der Waals surface area contributed by atoms with Crippen LogP contribution in [0.15, 0.2) is 36.4 Å². The molecule has 3 aromatic rings. The van der Waals surface area contributed by atoms with Crippen LogP contribution in [0.25, 0.3) is 16.7 Å². The van der Waals surface area contributed by atoms with Gasteiger partial charge < -0.3 is 0 Å². The number of fused-ring (bicyclic) bond motifs is 1. The van der Waals surface area contributed by atoms with Crippen molar-refractivity contribution >= 4 is 34.2 Å². The molecule has 0 aliphatic carbocycles. The molecule has 1 aromatic heterocycles. The molecule has 0 aliphatic rings. The molecule has 0 atom stereocenters. The number of aryl methyl sites for hydroxylation is 1. The highest BCUT2D eigenvalue weighted by atomic mass is 35.5. The summed E-state index contributed by atoms with van der Waals surface area (Å²) < 4.78 is 15.2. The maximum Gasteiger partial charge on any atom is 0.141 e. The van der Waals surface area contributed by atoms with Gasteiger partial charge in [-0.3, -0.25) is 4.57 Å². The van der Waals surface area contributed by atoms with Gasteiger partial charge in [-0.15, -0.1) is 11.6 Å². The minimum Gasteiger partial charge on any atom is -0.295 e. The summed E-state index contributed by atoms with van der Waals surface area (Å²) in [6.07, 6.45) is 0. The molecule has 2 aromatic carbocycles. The Morgan fingerprint density at radius 3 is 2.70 bits per heavy atom. The van der Waals surface area contributed by atoms with Crippen LogP contribution in [0.3, 0.4) is 0 Å². The molecular weight excluding hydrogens is 298 g/mol. The number of hydrogen-bond donors (Lipinski definition) is 0. The fourth-order valence-corrected chi connectivity index (χ4v) is 2.59. The van der Waals surface area contributed by atoms with Crippen molar-refractivity contribution in [1.29, 1.82) is 0 Å². The zero-order chi connectivity index (χ0) is 14.3. The van der Waals surface area contributed by atoms with Gasteiger partial charge >= 0.3 is 0 Å². The first kappa shape index (κ1) is 13.4. The summed E-state index contributed by atoms with van der Waals surface area (Å²) in [6, 6.07) is 10.6. The van der Waals surface area contributed by atoms with Crippen LogP contribution in [0.4, 0.5) is 4.39 Å². The van der Waals surface area contributed by atoms with Crippen LogP contribution in [0.2, 0.25) is 5.02 Å². The van der Waals surface area contributed by atoms with E-state index in [1.807, 2.05) is 29.7 Å². The molecule has 0 fully saturated rings. The Kier molecular flexibility index (Phi) is 3.40. The summed E-state index contributed by atoms with van der Waals surface area (Å²) in [4.78, 5) is 4.49. The monoisotopic (exact) mass is 308 g/mol. The maximum absolute atomic E-state index is 13.3. The molecule has 0 N–H and O–H groups in total. The largest absolute Gasteiger partial charge is 0.295 e. The molecule has 3 rings (SSSR count). The molecule has 5 heteroatoms. The normalized spacial score (nSPS) is 11.2. The average molecular weight is 309 g/mol. The van der Waals surface area contributed by atoms with E-state index in [4.69, 9.17) is 23.2 Å². The fraction of sp³-hybridized carbons (Fsp3) is 0.133. The Bertz CT molecular complexity index is 796. The summed E-state index contributed by atoms with van der Waals surface area (Å²) in [6.45, 7) is 2.01. The third kappa shape index (κ3) is 2.17. The summed E-state index contributed by atoms with van der Waals surface area (Å²) >= 11 is 11.8. The molecular formula is C15H11Cl2FN2. The lowest BCUT2D eigenvalue weighted by Gasteiger charge is -2.09. The second-order valence-electron chi connectivity index (χ2n) is 4.59. The number of rotatable bonds is 2. The molecule has 0 saturated carbocycles. The number of halogens is 3. The highest BCUT2D eigenvalue weighted by Crippen LogP contribution is 2.26. The van der Waals surface area contributed by atoms with Crippen LogP contribution in [0.1, 0.15) is 11.4 Å². The minimum atomic E-state index is -0.441. The molecule has 0 bridgehead atoms. The van der Waals surface area contributed by atoms with Crippen molar-refractivity contribution in [3.05, 3.63) is 58.6 Å². The second kappa shape index (κ2) is 5.08. The van der Waals surface area contributed by atoms with Gasteiger partial charge in [-0.05, 0) is 42.8 Å². The molecule has 1 heterocycles. The second-order valence-corrected chi connectivity index (χ2v) is 5.26. The SMILES string of the molecule is Cc1ccc2nc(CCl)n(-c3ccc(F)c(Cl)c3)c2c1. The van der Waals surface area contributed by atoms with Gasteiger partial charge in [-0.1, -0.05) is 17.7 Å². The molecule has 2 nitrogen and oxygen atoms in total. The molecule has 0 spiro atoms. The number of benzene rings is 2. The van der Waals surface area contributed by atoms with Crippen LogP contribution in [0, 0.1) is 12.7 Å². The first-order chi connectivity index (χ1) is 9.60. The molecule has 0 radical (unpaired) electrons. The van der Waals surface area contributed by atoms with E-state index < -0.39 is 5.82 Å². The van der Waals surface area contributed by atoms with Gasteiger partial charge in [0.2, 0.25) is 0 Å². The van der Waals surface area contributed by atoms with E-state index in [9.17, 15) is 4.39 Å². The predicted molar refractivity (Wildman–Crippen MR) is 80.3 cm³/mol. The van der Waals surface area contributed by atoms with Crippen LogP contribution in [-0.4, -0.2) is 9.55 Å². The maximum atomic E-state index is 13.3. The van der Waals surface area contributed by atoms with Crippen molar-refractivity contribution in [3.8, 4) is 5.69 Å². The smallest absolute Gasteiger partial charge is 0.141 e. The Morgan fingerprint density at radius 1 is 1.20 bits per heavy atom. The zero-order valence-electron chi connectivity index (χ0n) is 10.7. The average Bonchev–Trinajstić information content (AvgIpc) is 2.79. The predicted octanol–water partition coefficient (Wildman–Crippen LogP) is 4.87. The fourth-order valence-electron chi connectivity index (χ4n) is 2.24. The summed E-state index contributed by atoms with van der Waals surface area (Å²) in [5, 5.41) is 0.0810. The molecule has 0 amide bonds. The molecule has 0 aliphatic heterocycles. The highest BCUT2D eigenvalue weighted by molar-refractivity contribution is 6.30. The van der Waals surface area contributed by atoms with Gasteiger partial charge in [0.15, 0.2) is 0 Å². The standard InChI is InChI=1S/C15H11Cl2FN2/c1-9-2-5-13-14(6-9)20(15(8-16)19-13)10-3-4-12(18)11(17)7-10/h2-7H,8H2,1H3. The first-order valence-electron chi connectivity index (χ1n) is 6.09. The Balaban J connectivity index is 2.32. The van der Waals surface area contributed by atoms with E-state index >= 15 is 0 Å². The lowest BCUT2D eigenvalue weighted by Crippen LogP contribution is -1.99. The number of alkyl halides is 1. The van der Waals surface area contributed by atoms with Crippen molar-refractivity contribution in [2.75, 3.05) is 0 Å². The van der Waals surface area contributed by atoms with E-state index in [0.717, 1.165) is 22.3 Å². The zero-order valence-corrected chi connectivity index (χ0v) is 12.2. The van der Waals surface area contributed by atoms with E-state index in [1.165, 1.54) is 6.07 Å². The van der Waals surface area contributed by atoms with Gasteiger partial charge in [0.25, 0.3) is 0 Å². The topological polar surface area (TPSA) is 17.8 Å². The van der Waals surface area contributed by atoms with E-state index in [2.05, 4.69) is 4.98 Å².